The molecule has 0 aromatic rings. The quantitative estimate of drug-likeness (QED) is 0.193. The van der Waals surface area contributed by atoms with Crippen molar-refractivity contribution in [1.29, 1.82) is 0 Å². The third-order valence-electron chi connectivity index (χ3n) is 2.83. The molecule has 3 atom stereocenters. The number of rotatable bonds is 11. The number of carbonyl (C=O) groups is 5. The van der Waals surface area contributed by atoms with Gasteiger partial charge in [-0.15, -0.1) is 0 Å². The molecule has 9 N–H and O–H groups in total. The number of nitrogens with two attached hydrogens (primary N) is 2. The molecule has 0 saturated heterocycles. The Morgan fingerprint density at radius 1 is 0.958 bits per heavy atom. The van der Waals surface area contributed by atoms with Gasteiger partial charge in [-0.25, -0.2) is 4.79 Å². The standard InChI is InChI=1S/C12H20N4O8/c13-5(3-8(14)18)10(21)15-6(1-2-9(19)20)11(22)16-7(4-17)12(23)24/h5-7,17H,1-4,13H2,(H2,14,18)(H,15,21)(H,16,22)(H,19,20)(H,23,24)/t5-,6+,7+/m0/s1. The van der Waals surface area contributed by atoms with Gasteiger partial charge in [-0.3, -0.25) is 19.2 Å². The number of carboxylic acids is 2. The van der Waals surface area contributed by atoms with E-state index in [9.17, 15) is 24.0 Å². The van der Waals surface area contributed by atoms with Gasteiger partial charge in [0.1, 0.15) is 12.1 Å². The molecular formula is C12H20N4O8. The van der Waals surface area contributed by atoms with E-state index in [0.29, 0.717) is 0 Å². The van der Waals surface area contributed by atoms with Crippen LogP contribution in [0.5, 0.6) is 0 Å². The lowest BCUT2D eigenvalue weighted by Gasteiger charge is -2.21. The Bertz CT molecular complexity index is 509. The largest absolute Gasteiger partial charge is 0.481 e. The molecule has 0 aromatic carbocycles. The molecule has 0 spiro atoms. The maximum atomic E-state index is 12.0. The van der Waals surface area contributed by atoms with E-state index in [2.05, 4.69) is 5.32 Å². The Morgan fingerprint density at radius 2 is 1.50 bits per heavy atom. The van der Waals surface area contributed by atoms with Gasteiger partial charge in [-0.1, -0.05) is 0 Å². The Hall–Kier alpha value is -2.73. The monoisotopic (exact) mass is 348 g/mol. The van der Waals surface area contributed by atoms with Crippen LogP contribution in [0.25, 0.3) is 0 Å². The molecule has 0 rings (SSSR count). The van der Waals surface area contributed by atoms with Crippen molar-refractivity contribution in [1.82, 2.24) is 10.6 Å². The summed E-state index contributed by atoms with van der Waals surface area (Å²) >= 11 is 0. The third-order valence-corrected chi connectivity index (χ3v) is 2.83. The predicted molar refractivity (Wildman–Crippen MR) is 77.2 cm³/mol. The number of aliphatic hydroxyl groups is 1. The molecule has 0 aliphatic rings. The Kier molecular flexibility index (Phi) is 8.97. The molecule has 3 amide bonds. The lowest BCUT2D eigenvalue weighted by atomic mass is 10.1. The fourth-order valence-corrected chi connectivity index (χ4v) is 1.58. The normalized spacial score (nSPS) is 14.1. The van der Waals surface area contributed by atoms with Gasteiger partial charge in [-0.2, -0.15) is 0 Å². The molecule has 0 aliphatic heterocycles. The summed E-state index contributed by atoms with van der Waals surface area (Å²) in [5.41, 5.74) is 10.3. The van der Waals surface area contributed by atoms with Crippen molar-refractivity contribution in [3.63, 3.8) is 0 Å². The Labute approximate surface area is 136 Å². The number of hydrogen-bond acceptors (Lipinski definition) is 7. The minimum atomic E-state index is -1.62. The molecular weight excluding hydrogens is 328 g/mol. The fraction of sp³-hybridized carbons (Fsp3) is 0.583. The van der Waals surface area contributed by atoms with Crippen molar-refractivity contribution >= 4 is 29.7 Å². The average Bonchev–Trinajstić information content (AvgIpc) is 2.46. The number of amides is 3. The molecule has 0 unspecified atom stereocenters. The maximum absolute atomic E-state index is 12.0. The minimum absolute atomic E-state index is 0.353. The smallest absolute Gasteiger partial charge is 0.328 e. The average molecular weight is 348 g/mol. The minimum Gasteiger partial charge on any atom is -0.481 e. The summed E-state index contributed by atoms with van der Waals surface area (Å²) in [5.74, 6) is -5.57. The zero-order valence-electron chi connectivity index (χ0n) is 12.6. The van der Waals surface area contributed by atoms with E-state index in [-0.39, 0.29) is 6.42 Å². The SMILES string of the molecule is NC(=O)C[C@H](N)C(=O)N[C@H](CCC(=O)O)C(=O)N[C@H](CO)C(=O)O. The topological polar surface area (TPSA) is 222 Å². The number of hydrogen-bond donors (Lipinski definition) is 7. The van der Waals surface area contributed by atoms with E-state index < -0.39 is 67.2 Å². The number of aliphatic hydroxyl groups excluding tert-OH is 1. The van der Waals surface area contributed by atoms with Crippen molar-refractivity contribution < 1.29 is 39.3 Å². The summed E-state index contributed by atoms with van der Waals surface area (Å²) in [5, 5.41) is 30.4. The lowest BCUT2D eigenvalue weighted by Crippen LogP contribution is -2.55. The molecule has 0 bridgehead atoms. The number of nitrogens with one attached hydrogen (secondary N) is 2. The van der Waals surface area contributed by atoms with Crippen LogP contribution in [0, 0.1) is 0 Å². The summed E-state index contributed by atoms with van der Waals surface area (Å²) < 4.78 is 0. The van der Waals surface area contributed by atoms with Crippen LogP contribution in [0.1, 0.15) is 19.3 Å². The van der Waals surface area contributed by atoms with Crippen molar-refractivity contribution in [2.45, 2.75) is 37.4 Å². The van der Waals surface area contributed by atoms with E-state index in [0.717, 1.165) is 0 Å². The van der Waals surface area contributed by atoms with Gasteiger partial charge in [0, 0.05) is 6.42 Å². The van der Waals surface area contributed by atoms with Crippen molar-refractivity contribution in [2.24, 2.45) is 11.5 Å². The van der Waals surface area contributed by atoms with Crippen molar-refractivity contribution in [3.8, 4) is 0 Å². The first-order valence-corrected chi connectivity index (χ1v) is 6.78. The Morgan fingerprint density at radius 3 is 1.92 bits per heavy atom. The van der Waals surface area contributed by atoms with Gasteiger partial charge in [0.15, 0.2) is 0 Å². The summed E-state index contributed by atoms with van der Waals surface area (Å²) in [6, 6.07) is -4.39. The zero-order chi connectivity index (χ0) is 18.9. The first-order chi connectivity index (χ1) is 11.1. The van der Waals surface area contributed by atoms with E-state index in [1.165, 1.54) is 0 Å². The van der Waals surface area contributed by atoms with Crippen LogP contribution in [-0.4, -0.2) is 69.7 Å². The second kappa shape index (κ2) is 10.1. The lowest BCUT2D eigenvalue weighted by molar-refractivity contribution is -0.144. The van der Waals surface area contributed by atoms with E-state index >= 15 is 0 Å². The summed E-state index contributed by atoms with van der Waals surface area (Å²) in [6.45, 7) is -0.901. The first kappa shape index (κ1) is 21.3. The van der Waals surface area contributed by atoms with Crippen LogP contribution in [-0.2, 0) is 24.0 Å². The zero-order valence-corrected chi connectivity index (χ0v) is 12.6. The molecule has 0 saturated carbocycles. The summed E-state index contributed by atoms with van der Waals surface area (Å²) in [7, 11) is 0. The van der Waals surface area contributed by atoms with E-state index in [4.69, 9.17) is 26.8 Å². The van der Waals surface area contributed by atoms with Crippen LogP contribution in [0.3, 0.4) is 0 Å². The number of carbonyl (C=O) groups excluding carboxylic acids is 3. The second-order valence-electron chi connectivity index (χ2n) is 4.85. The molecule has 12 heteroatoms. The fourth-order valence-electron chi connectivity index (χ4n) is 1.58. The number of carboxylic acid groups (broad SMARTS) is 2. The molecule has 0 heterocycles. The van der Waals surface area contributed by atoms with Crippen molar-refractivity contribution in [3.05, 3.63) is 0 Å². The van der Waals surface area contributed by atoms with Gasteiger partial charge >= 0.3 is 11.9 Å². The second-order valence-corrected chi connectivity index (χ2v) is 4.85. The van der Waals surface area contributed by atoms with Crippen molar-refractivity contribution in [2.75, 3.05) is 6.61 Å². The summed E-state index contributed by atoms with van der Waals surface area (Å²) in [4.78, 5) is 55.9. The molecule has 24 heavy (non-hydrogen) atoms. The van der Waals surface area contributed by atoms with Crippen LogP contribution >= 0.6 is 0 Å². The summed E-state index contributed by atoms with van der Waals surface area (Å²) in [6.07, 6.45) is -1.35. The Balaban J connectivity index is 4.98. The van der Waals surface area contributed by atoms with Gasteiger partial charge in [0.05, 0.1) is 19.1 Å². The number of primary amides is 1. The molecule has 0 fully saturated rings. The third kappa shape index (κ3) is 8.05. The number of aliphatic carboxylic acids is 2. The molecule has 0 aliphatic carbocycles. The predicted octanol–water partition coefficient (Wildman–Crippen LogP) is -3.90. The van der Waals surface area contributed by atoms with Gasteiger partial charge in [0.25, 0.3) is 0 Å². The van der Waals surface area contributed by atoms with Gasteiger partial charge in [-0.05, 0) is 6.42 Å². The highest BCUT2D eigenvalue weighted by atomic mass is 16.4. The van der Waals surface area contributed by atoms with Crippen LogP contribution in [0.2, 0.25) is 0 Å². The molecule has 12 nitrogen and oxygen atoms in total. The van der Waals surface area contributed by atoms with Crippen LogP contribution < -0.4 is 22.1 Å². The molecule has 0 aromatic heterocycles. The molecule has 136 valence electrons. The highest BCUT2D eigenvalue weighted by molar-refractivity contribution is 5.93. The van der Waals surface area contributed by atoms with E-state index in [1.54, 1.807) is 0 Å². The van der Waals surface area contributed by atoms with Gasteiger partial charge in [0.2, 0.25) is 17.7 Å². The van der Waals surface area contributed by atoms with Gasteiger partial charge < -0.3 is 37.4 Å². The highest BCUT2D eigenvalue weighted by Gasteiger charge is 2.28. The highest BCUT2D eigenvalue weighted by Crippen LogP contribution is 2.01. The van der Waals surface area contributed by atoms with Crippen LogP contribution in [0.4, 0.5) is 0 Å². The van der Waals surface area contributed by atoms with E-state index in [1.807, 2.05) is 5.32 Å². The van der Waals surface area contributed by atoms with Crippen LogP contribution in [0.15, 0.2) is 0 Å². The molecule has 0 radical (unpaired) electrons. The maximum Gasteiger partial charge on any atom is 0.328 e. The first-order valence-electron chi connectivity index (χ1n) is 6.78.